The monoisotopic (exact) mass is 338 g/mol. The Morgan fingerprint density at radius 3 is 2.52 bits per heavy atom. The molecule has 0 unspecified atom stereocenters. The summed E-state index contributed by atoms with van der Waals surface area (Å²) in [4.78, 5) is 14.7. The van der Waals surface area contributed by atoms with Crippen molar-refractivity contribution in [3.63, 3.8) is 0 Å². The zero-order chi connectivity index (χ0) is 17.5. The normalized spacial score (nSPS) is 15.2. The fourth-order valence-electron chi connectivity index (χ4n) is 3.19. The number of carbonyl (C=O) groups is 1. The van der Waals surface area contributed by atoms with Gasteiger partial charge in [-0.05, 0) is 62.2 Å². The van der Waals surface area contributed by atoms with Crippen molar-refractivity contribution >= 4 is 5.91 Å². The van der Waals surface area contributed by atoms with E-state index in [1.165, 1.54) is 0 Å². The lowest BCUT2D eigenvalue weighted by molar-refractivity contribution is 0.0690. The van der Waals surface area contributed by atoms with Crippen molar-refractivity contribution in [1.82, 2.24) is 10.2 Å². The van der Waals surface area contributed by atoms with Crippen LogP contribution in [0, 0.1) is 5.92 Å². The first-order valence-corrected chi connectivity index (χ1v) is 9.09. The number of carbonyl (C=O) groups excluding carboxylic acids is 1. The Morgan fingerprint density at radius 1 is 1.08 bits per heavy atom. The van der Waals surface area contributed by atoms with Gasteiger partial charge >= 0.3 is 0 Å². The smallest absolute Gasteiger partial charge is 0.253 e. The van der Waals surface area contributed by atoms with Gasteiger partial charge in [0.25, 0.3) is 5.91 Å². The van der Waals surface area contributed by atoms with Crippen LogP contribution in [-0.2, 0) is 0 Å². The molecular formula is C21H26N2O2. The molecule has 1 saturated heterocycles. The summed E-state index contributed by atoms with van der Waals surface area (Å²) >= 11 is 0. The lowest BCUT2D eigenvalue weighted by atomic mass is 9.96. The Bertz CT molecular complexity index is 679. The van der Waals surface area contributed by atoms with E-state index in [0.717, 1.165) is 44.8 Å². The van der Waals surface area contributed by atoms with Crippen molar-refractivity contribution < 1.29 is 9.53 Å². The minimum atomic E-state index is 0.0976. The Morgan fingerprint density at radius 2 is 1.80 bits per heavy atom. The summed E-state index contributed by atoms with van der Waals surface area (Å²) in [7, 11) is 0. The van der Waals surface area contributed by atoms with Crippen LogP contribution in [0.25, 0.3) is 0 Å². The van der Waals surface area contributed by atoms with Gasteiger partial charge in [0.1, 0.15) is 11.5 Å². The molecule has 0 atom stereocenters. The number of nitrogens with zero attached hydrogens (tertiary/aromatic N) is 1. The molecule has 0 aromatic heterocycles. The molecule has 132 valence electrons. The maximum atomic E-state index is 12.8. The SMILES string of the molecule is CCNCC1CCN(C(=O)c2cccc(Oc3ccccc3)c2)CC1. The molecule has 0 radical (unpaired) electrons. The van der Waals surface area contributed by atoms with Crippen LogP contribution in [0.15, 0.2) is 54.6 Å². The number of amides is 1. The number of nitrogens with one attached hydrogen (secondary N) is 1. The van der Waals surface area contributed by atoms with Gasteiger partial charge in [-0.25, -0.2) is 0 Å². The van der Waals surface area contributed by atoms with Crippen LogP contribution in [-0.4, -0.2) is 37.0 Å². The third kappa shape index (κ3) is 4.83. The van der Waals surface area contributed by atoms with Crippen LogP contribution in [0.4, 0.5) is 0 Å². The highest BCUT2D eigenvalue weighted by Gasteiger charge is 2.23. The second kappa shape index (κ2) is 8.67. The number of piperidine rings is 1. The van der Waals surface area contributed by atoms with Crippen LogP contribution in [0.5, 0.6) is 11.5 Å². The van der Waals surface area contributed by atoms with Crippen molar-refractivity contribution in [2.24, 2.45) is 5.92 Å². The minimum absolute atomic E-state index is 0.0976. The molecule has 3 rings (SSSR count). The second-order valence-electron chi connectivity index (χ2n) is 6.49. The Hall–Kier alpha value is -2.33. The molecule has 2 aromatic carbocycles. The standard InChI is InChI=1S/C21H26N2O2/c1-2-22-16-17-11-13-23(14-12-17)21(24)18-7-6-10-20(15-18)25-19-8-4-3-5-9-19/h3-10,15,17,22H,2,11-14,16H2,1H3. The molecule has 1 heterocycles. The van der Waals surface area contributed by atoms with Gasteiger partial charge in [0.2, 0.25) is 0 Å². The van der Waals surface area contributed by atoms with Crippen LogP contribution < -0.4 is 10.1 Å². The molecule has 1 fully saturated rings. The van der Waals surface area contributed by atoms with Gasteiger partial charge in [-0.3, -0.25) is 4.79 Å². The van der Waals surface area contributed by atoms with Crippen molar-refractivity contribution in [2.75, 3.05) is 26.2 Å². The minimum Gasteiger partial charge on any atom is -0.457 e. The highest BCUT2D eigenvalue weighted by atomic mass is 16.5. The summed E-state index contributed by atoms with van der Waals surface area (Å²) in [6.07, 6.45) is 2.14. The lowest BCUT2D eigenvalue weighted by Gasteiger charge is -2.32. The van der Waals surface area contributed by atoms with Gasteiger partial charge in [0.05, 0.1) is 0 Å². The highest BCUT2D eigenvalue weighted by molar-refractivity contribution is 5.94. The fraction of sp³-hybridized carbons (Fsp3) is 0.381. The summed E-state index contributed by atoms with van der Waals surface area (Å²) < 4.78 is 5.84. The molecule has 0 spiro atoms. The van der Waals surface area contributed by atoms with E-state index in [0.29, 0.717) is 17.2 Å². The van der Waals surface area contributed by atoms with E-state index in [-0.39, 0.29) is 5.91 Å². The molecule has 1 N–H and O–H groups in total. The number of hydrogen-bond acceptors (Lipinski definition) is 3. The molecule has 4 heteroatoms. The summed E-state index contributed by atoms with van der Waals surface area (Å²) in [6, 6.07) is 17.1. The summed E-state index contributed by atoms with van der Waals surface area (Å²) in [6.45, 7) is 5.85. The number of rotatable bonds is 6. The number of para-hydroxylation sites is 1. The van der Waals surface area contributed by atoms with Crippen LogP contribution >= 0.6 is 0 Å². The first kappa shape index (κ1) is 17.5. The van der Waals surface area contributed by atoms with Gasteiger partial charge in [0, 0.05) is 18.7 Å². The Kier molecular flexibility index (Phi) is 6.07. The summed E-state index contributed by atoms with van der Waals surface area (Å²) in [5.74, 6) is 2.24. The zero-order valence-corrected chi connectivity index (χ0v) is 14.8. The van der Waals surface area contributed by atoms with E-state index in [2.05, 4.69) is 12.2 Å². The fourth-order valence-corrected chi connectivity index (χ4v) is 3.19. The first-order valence-electron chi connectivity index (χ1n) is 9.09. The molecular weight excluding hydrogens is 312 g/mol. The molecule has 25 heavy (non-hydrogen) atoms. The van der Waals surface area contributed by atoms with Gasteiger partial charge in [-0.2, -0.15) is 0 Å². The first-order chi connectivity index (χ1) is 12.3. The number of likely N-dealkylation sites (tertiary alicyclic amines) is 1. The Labute approximate surface area is 149 Å². The summed E-state index contributed by atoms with van der Waals surface area (Å²) in [5.41, 5.74) is 0.693. The van der Waals surface area contributed by atoms with E-state index >= 15 is 0 Å². The quantitative estimate of drug-likeness (QED) is 0.867. The summed E-state index contributed by atoms with van der Waals surface area (Å²) in [5, 5.41) is 3.40. The molecule has 0 saturated carbocycles. The van der Waals surface area contributed by atoms with Crippen LogP contribution in [0.3, 0.4) is 0 Å². The number of hydrogen-bond donors (Lipinski definition) is 1. The van der Waals surface area contributed by atoms with Crippen molar-refractivity contribution in [1.29, 1.82) is 0 Å². The molecule has 1 aliphatic heterocycles. The van der Waals surface area contributed by atoms with Gasteiger partial charge < -0.3 is 15.0 Å². The maximum absolute atomic E-state index is 12.8. The van der Waals surface area contributed by atoms with E-state index in [1.807, 2.05) is 59.5 Å². The molecule has 4 nitrogen and oxygen atoms in total. The Balaban J connectivity index is 1.60. The number of benzene rings is 2. The maximum Gasteiger partial charge on any atom is 0.253 e. The highest BCUT2D eigenvalue weighted by Crippen LogP contribution is 2.24. The molecule has 2 aromatic rings. The predicted molar refractivity (Wildman–Crippen MR) is 100 cm³/mol. The average Bonchev–Trinajstić information content (AvgIpc) is 2.67. The van der Waals surface area contributed by atoms with Crippen molar-refractivity contribution in [3.05, 3.63) is 60.2 Å². The van der Waals surface area contributed by atoms with Crippen molar-refractivity contribution in [2.45, 2.75) is 19.8 Å². The van der Waals surface area contributed by atoms with Gasteiger partial charge in [-0.1, -0.05) is 31.2 Å². The van der Waals surface area contributed by atoms with E-state index in [9.17, 15) is 4.79 Å². The molecule has 1 aliphatic rings. The molecule has 1 amide bonds. The van der Waals surface area contributed by atoms with Crippen LogP contribution in [0.2, 0.25) is 0 Å². The van der Waals surface area contributed by atoms with E-state index in [4.69, 9.17) is 4.74 Å². The van der Waals surface area contributed by atoms with Gasteiger partial charge in [0.15, 0.2) is 0 Å². The zero-order valence-electron chi connectivity index (χ0n) is 14.8. The topological polar surface area (TPSA) is 41.6 Å². The molecule has 0 aliphatic carbocycles. The lowest BCUT2D eigenvalue weighted by Crippen LogP contribution is -2.40. The van der Waals surface area contributed by atoms with E-state index in [1.54, 1.807) is 0 Å². The third-order valence-corrected chi connectivity index (χ3v) is 4.64. The van der Waals surface area contributed by atoms with Crippen molar-refractivity contribution in [3.8, 4) is 11.5 Å². The largest absolute Gasteiger partial charge is 0.457 e. The van der Waals surface area contributed by atoms with E-state index < -0.39 is 0 Å². The predicted octanol–water partition coefficient (Wildman–Crippen LogP) is 3.94. The van der Waals surface area contributed by atoms with Gasteiger partial charge in [-0.15, -0.1) is 0 Å². The third-order valence-electron chi connectivity index (χ3n) is 4.64. The average molecular weight is 338 g/mol. The molecule has 0 bridgehead atoms. The number of ether oxygens (including phenoxy) is 1. The van der Waals surface area contributed by atoms with Crippen LogP contribution in [0.1, 0.15) is 30.1 Å². The second-order valence-corrected chi connectivity index (χ2v) is 6.49.